The van der Waals surface area contributed by atoms with E-state index < -0.39 is 0 Å². The van der Waals surface area contributed by atoms with Crippen LogP contribution in [0.4, 0.5) is 0 Å². The van der Waals surface area contributed by atoms with Gasteiger partial charge in [0.2, 0.25) is 0 Å². The Morgan fingerprint density at radius 1 is 1.33 bits per heavy atom. The van der Waals surface area contributed by atoms with Crippen LogP contribution >= 0.6 is 11.6 Å². The highest BCUT2D eigenvalue weighted by atomic mass is 35.5. The van der Waals surface area contributed by atoms with Gasteiger partial charge in [0.15, 0.2) is 0 Å². The number of hydrogen-bond donors (Lipinski definition) is 0. The van der Waals surface area contributed by atoms with Crippen LogP contribution in [-0.2, 0) is 11.3 Å². The van der Waals surface area contributed by atoms with E-state index in [0.717, 1.165) is 16.8 Å². The zero-order chi connectivity index (χ0) is 10.3. The maximum atomic E-state index is 6.10. The molecule has 0 aliphatic carbocycles. The van der Waals surface area contributed by atoms with Crippen molar-refractivity contribution in [3.05, 3.63) is 52.4 Å². The number of nitrogens with zero attached hydrogens (tertiary/aromatic N) is 1. The summed E-state index contributed by atoms with van der Waals surface area (Å²) in [5.41, 5.74) is 2.77. The van der Waals surface area contributed by atoms with Crippen molar-refractivity contribution < 1.29 is 9.26 Å². The van der Waals surface area contributed by atoms with Crippen LogP contribution in [0.15, 0.2) is 35.1 Å². The van der Waals surface area contributed by atoms with Crippen LogP contribution in [0, 0.1) is 0 Å². The molecule has 1 aliphatic rings. The summed E-state index contributed by atoms with van der Waals surface area (Å²) in [4.78, 5) is 0. The molecule has 0 fully saturated rings. The molecule has 3 rings (SSSR count). The van der Waals surface area contributed by atoms with Gasteiger partial charge in [-0.05, 0) is 6.07 Å². The van der Waals surface area contributed by atoms with E-state index in [2.05, 4.69) is 5.16 Å². The SMILES string of the molecule is Clc1ccccc1C1OCc2conc21. The van der Waals surface area contributed by atoms with Crippen molar-refractivity contribution in [2.24, 2.45) is 0 Å². The lowest BCUT2D eigenvalue weighted by molar-refractivity contribution is 0.0863. The van der Waals surface area contributed by atoms with Crippen LogP contribution in [0.5, 0.6) is 0 Å². The van der Waals surface area contributed by atoms with E-state index in [-0.39, 0.29) is 6.10 Å². The highest BCUT2D eigenvalue weighted by Crippen LogP contribution is 2.37. The van der Waals surface area contributed by atoms with E-state index in [9.17, 15) is 0 Å². The quantitative estimate of drug-likeness (QED) is 0.743. The first-order valence-electron chi connectivity index (χ1n) is 4.65. The Morgan fingerprint density at radius 3 is 3.07 bits per heavy atom. The van der Waals surface area contributed by atoms with Gasteiger partial charge < -0.3 is 9.26 Å². The van der Waals surface area contributed by atoms with E-state index in [1.165, 1.54) is 0 Å². The second-order valence-corrected chi connectivity index (χ2v) is 3.84. The number of ether oxygens (including phenoxy) is 1. The fourth-order valence-corrected chi connectivity index (χ4v) is 2.00. The molecule has 0 N–H and O–H groups in total. The molecule has 1 aromatic heterocycles. The van der Waals surface area contributed by atoms with Gasteiger partial charge in [-0.1, -0.05) is 35.0 Å². The van der Waals surface area contributed by atoms with Gasteiger partial charge in [0.1, 0.15) is 18.1 Å². The van der Waals surface area contributed by atoms with Gasteiger partial charge >= 0.3 is 0 Å². The zero-order valence-electron chi connectivity index (χ0n) is 7.81. The van der Waals surface area contributed by atoms with Crippen molar-refractivity contribution in [3.63, 3.8) is 0 Å². The summed E-state index contributed by atoms with van der Waals surface area (Å²) in [5, 5.41) is 4.63. The van der Waals surface area contributed by atoms with Crippen LogP contribution in [0.25, 0.3) is 0 Å². The topological polar surface area (TPSA) is 35.3 Å². The van der Waals surface area contributed by atoms with Crippen LogP contribution in [0.3, 0.4) is 0 Å². The zero-order valence-corrected chi connectivity index (χ0v) is 8.57. The largest absolute Gasteiger partial charge is 0.364 e. The molecule has 1 unspecified atom stereocenters. The number of fused-ring (bicyclic) bond motifs is 1. The molecule has 76 valence electrons. The summed E-state index contributed by atoms with van der Waals surface area (Å²) in [5.74, 6) is 0. The molecular weight excluding hydrogens is 214 g/mol. The predicted molar refractivity (Wildman–Crippen MR) is 54.6 cm³/mol. The van der Waals surface area contributed by atoms with E-state index in [1.54, 1.807) is 6.26 Å². The first kappa shape index (κ1) is 8.95. The fourth-order valence-electron chi connectivity index (χ4n) is 1.77. The maximum Gasteiger partial charge on any atom is 0.130 e. The molecule has 0 amide bonds. The van der Waals surface area contributed by atoms with Gasteiger partial charge in [-0.25, -0.2) is 0 Å². The third-order valence-electron chi connectivity index (χ3n) is 2.52. The van der Waals surface area contributed by atoms with Crippen molar-refractivity contribution in [2.75, 3.05) is 0 Å². The molecule has 0 saturated heterocycles. The van der Waals surface area contributed by atoms with Crippen LogP contribution in [0.1, 0.15) is 22.9 Å². The summed E-state index contributed by atoms with van der Waals surface area (Å²) < 4.78 is 10.5. The molecule has 15 heavy (non-hydrogen) atoms. The fraction of sp³-hybridized carbons (Fsp3) is 0.182. The molecule has 3 nitrogen and oxygen atoms in total. The Labute approximate surface area is 91.6 Å². The Bertz CT molecular complexity index is 495. The first-order chi connectivity index (χ1) is 7.36. The van der Waals surface area contributed by atoms with Crippen LogP contribution in [-0.4, -0.2) is 5.16 Å². The lowest BCUT2D eigenvalue weighted by Gasteiger charge is -2.10. The molecule has 2 aromatic rings. The number of hydrogen-bond acceptors (Lipinski definition) is 3. The van der Waals surface area contributed by atoms with E-state index in [4.69, 9.17) is 20.9 Å². The lowest BCUT2D eigenvalue weighted by Crippen LogP contribution is -1.99. The molecule has 1 aromatic carbocycles. The number of aromatic nitrogens is 1. The van der Waals surface area contributed by atoms with Gasteiger partial charge in [0.05, 0.1) is 6.61 Å². The van der Waals surface area contributed by atoms with Crippen molar-refractivity contribution in [3.8, 4) is 0 Å². The second kappa shape index (κ2) is 3.36. The van der Waals surface area contributed by atoms with Gasteiger partial charge in [-0.2, -0.15) is 0 Å². The predicted octanol–water partition coefficient (Wildman–Crippen LogP) is 2.95. The minimum Gasteiger partial charge on any atom is -0.364 e. The second-order valence-electron chi connectivity index (χ2n) is 3.44. The van der Waals surface area contributed by atoms with Gasteiger partial charge in [0.25, 0.3) is 0 Å². The lowest BCUT2D eigenvalue weighted by atomic mass is 10.1. The first-order valence-corrected chi connectivity index (χ1v) is 5.03. The molecule has 1 aliphatic heterocycles. The molecular formula is C11H8ClNO2. The summed E-state index contributed by atoms with van der Waals surface area (Å²) in [6.07, 6.45) is 1.43. The van der Waals surface area contributed by atoms with Crippen LogP contribution in [0.2, 0.25) is 5.02 Å². The normalized spacial score (nSPS) is 19.1. The van der Waals surface area contributed by atoms with Crippen molar-refractivity contribution in [1.82, 2.24) is 5.16 Å². The summed E-state index contributed by atoms with van der Waals surface area (Å²) in [6, 6.07) is 7.61. The van der Waals surface area contributed by atoms with E-state index in [1.807, 2.05) is 24.3 Å². The van der Waals surface area contributed by atoms with Crippen LogP contribution < -0.4 is 0 Å². The van der Waals surface area contributed by atoms with Crippen molar-refractivity contribution in [2.45, 2.75) is 12.7 Å². The highest BCUT2D eigenvalue weighted by molar-refractivity contribution is 6.31. The van der Waals surface area contributed by atoms with Crippen molar-refractivity contribution >= 4 is 11.6 Å². The third-order valence-corrected chi connectivity index (χ3v) is 2.86. The molecule has 0 saturated carbocycles. The average molecular weight is 222 g/mol. The molecule has 2 heterocycles. The molecule has 1 atom stereocenters. The maximum absolute atomic E-state index is 6.10. The van der Waals surface area contributed by atoms with Crippen molar-refractivity contribution in [1.29, 1.82) is 0 Å². The molecule has 0 bridgehead atoms. The van der Waals surface area contributed by atoms with Gasteiger partial charge in [0, 0.05) is 16.1 Å². The monoisotopic (exact) mass is 221 g/mol. The summed E-state index contributed by atoms with van der Waals surface area (Å²) in [7, 11) is 0. The van der Waals surface area contributed by atoms with E-state index in [0.29, 0.717) is 11.6 Å². The third kappa shape index (κ3) is 1.35. The summed E-state index contributed by atoms with van der Waals surface area (Å²) >= 11 is 6.10. The molecule has 0 radical (unpaired) electrons. The molecule has 0 spiro atoms. The van der Waals surface area contributed by atoms with Gasteiger partial charge in [-0.15, -0.1) is 0 Å². The standard InChI is InChI=1S/C11H8ClNO2/c12-9-4-2-1-3-8(9)11-10-7(5-14-11)6-15-13-10/h1-4,6,11H,5H2. The smallest absolute Gasteiger partial charge is 0.130 e. The summed E-state index contributed by atoms with van der Waals surface area (Å²) in [6.45, 7) is 0.536. The molecule has 4 heteroatoms. The number of halogens is 1. The van der Waals surface area contributed by atoms with Gasteiger partial charge in [-0.3, -0.25) is 0 Å². The number of benzene rings is 1. The average Bonchev–Trinajstić information content (AvgIpc) is 2.80. The minimum absolute atomic E-state index is 0.188. The number of rotatable bonds is 1. The Morgan fingerprint density at radius 2 is 2.20 bits per heavy atom. The Balaban J connectivity index is 2.08. The van der Waals surface area contributed by atoms with E-state index >= 15 is 0 Å². The Kier molecular flexibility index (Phi) is 2.01. The Hall–Kier alpha value is -1.32. The highest BCUT2D eigenvalue weighted by Gasteiger charge is 2.29. The minimum atomic E-state index is -0.188.